The molecule has 0 bridgehead atoms. The number of thiophene rings is 1. The molecule has 8 heteroatoms. The zero-order valence-corrected chi connectivity index (χ0v) is 16.7. The minimum atomic E-state index is -0.638. The minimum absolute atomic E-state index is 0.142. The summed E-state index contributed by atoms with van der Waals surface area (Å²) in [6, 6.07) is 7.41. The van der Waals surface area contributed by atoms with Crippen LogP contribution in [0.25, 0.3) is 6.08 Å². The Morgan fingerprint density at radius 3 is 2.27 bits per heavy atom. The first-order valence-electron chi connectivity index (χ1n) is 7.42. The van der Waals surface area contributed by atoms with Gasteiger partial charge in [0.1, 0.15) is 9.88 Å². The summed E-state index contributed by atoms with van der Waals surface area (Å²) < 4.78 is 10.4. The highest BCUT2D eigenvalue weighted by Crippen LogP contribution is 2.34. The van der Waals surface area contributed by atoms with Crippen LogP contribution in [-0.2, 0) is 14.3 Å². The quantitative estimate of drug-likeness (QED) is 0.563. The van der Waals surface area contributed by atoms with Gasteiger partial charge in [0.05, 0.1) is 19.8 Å². The maximum atomic E-state index is 12.2. The van der Waals surface area contributed by atoms with Crippen LogP contribution in [0.4, 0.5) is 5.00 Å². The van der Waals surface area contributed by atoms with Crippen LogP contribution in [0.1, 0.15) is 31.2 Å². The highest BCUT2D eigenvalue weighted by atomic mass is 79.9. The number of carbonyl (C=O) groups is 3. The third kappa shape index (κ3) is 4.59. The molecule has 0 saturated heterocycles. The van der Waals surface area contributed by atoms with Crippen molar-refractivity contribution < 1.29 is 23.9 Å². The number of methoxy groups -OCH3 is 2. The van der Waals surface area contributed by atoms with Crippen LogP contribution in [0.15, 0.2) is 34.8 Å². The average molecular weight is 438 g/mol. The van der Waals surface area contributed by atoms with Crippen LogP contribution in [0, 0.1) is 6.92 Å². The second-order valence-electron chi connectivity index (χ2n) is 5.12. The number of esters is 2. The molecule has 0 aliphatic heterocycles. The first-order valence-corrected chi connectivity index (χ1v) is 9.03. The Balaban J connectivity index is 2.26. The Kier molecular flexibility index (Phi) is 6.70. The number of amides is 1. The standard InChI is InChI=1S/C18H16BrNO5S/c1-10-14(17(22)24-2)16(26-15(10)18(23)25-3)20-13(21)9-6-11-4-7-12(19)8-5-11/h4-9H,1-3H3,(H,20,21). The number of rotatable bonds is 5. The molecule has 2 aromatic rings. The number of carbonyl (C=O) groups excluding carboxylic acids is 3. The summed E-state index contributed by atoms with van der Waals surface area (Å²) in [5, 5.41) is 2.86. The van der Waals surface area contributed by atoms with E-state index >= 15 is 0 Å². The van der Waals surface area contributed by atoms with Crippen molar-refractivity contribution in [3.05, 3.63) is 56.4 Å². The fourth-order valence-electron chi connectivity index (χ4n) is 2.14. The van der Waals surface area contributed by atoms with E-state index in [9.17, 15) is 14.4 Å². The van der Waals surface area contributed by atoms with Crippen molar-refractivity contribution in [3.8, 4) is 0 Å². The van der Waals surface area contributed by atoms with Crippen LogP contribution < -0.4 is 5.32 Å². The molecule has 1 aromatic carbocycles. The number of hydrogen-bond acceptors (Lipinski definition) is 6. The lowest BCUT2D eigenvalue weighted by Gasteiger charge is -2.04. The molecule has 0 spiro atoms. The van der Waals surface area contributed by atoms with Gasteiger partial charge in [-0.05, 0) is 36.3 Å². The zero-order valence-electron chi connectivity index (χ0n) is 14.3. The Morgan fingerprint density at radius 2 is 1.69 bits per heavy atom. The van der Waals surface area contributed by atoms with Gasteiger partial charge in [0.15, 0.2) is 0 Å². The topological polar surface area (TPSA) is 81.7 Å². The van der Waals surface area contributed by atoms with Crippen molar-refractivity contribution in [2.24, 2.45) is 0 Å². The third-order valence-electron chi connectivity index (χ3n) is 3.44. The SMILES string of the molecule is COC(=O)c1sc(NC(=O)C=Cc2ccc(Br)cc2)c(C(=O)OC)c1C. The third-order valence-corrected chi connectivity index (χ3v) is 5.16. The van der Waals surface area contributed by atoms with E-state index in [1.165, 1.54) is 20.3 Å². The molecule has 0 aliphatic rings. The molecule has 0 radical (unpaired) electrons. The summed E-state index contributed by atoms with van der Waals surface area (Å²) in [7, 11) is 2.48. The first-order chi connectivity index (χ1) is 12.4. The van der Waals surface area contributed by atoms with E-state index in [0.717, 1.165) is 21.4 Å². The lowest BCUT2D eigenvalue weighted by molar-refractivity contribution is -0.111. The van der Waals surface area contributed by atoms with E-state index in [2.05, 4.69) is 21.2 Å². The Hall–Kier alpha value is -2.45. The average Bonchev–Trinajstić information content (AvgIpc) is 2.96. The van der Waals surface area contributed by atoms with Gasteiger partial charge in [-0.15, -0.1) is 11.3 Å². The van der Waals surface area contributed by atoms with Gasteiger partial charge in [0, 0.05) is 10.5 Å². The largest absolute Gasteiger partial charge is 0.465 e. The van der Waals surface area contributed by atoms with Gasteiger partial charge < -0.3 is 14.8 Å². The molecule has 1 N–H and O–H groups in total. The molecular formula is C18H16BrNO5S. The molecule has 2 rings (SSSR count). The number of ether oxygens (including phenoxy) is 2. The van der Waals surface area contributed by atoms with Crippen LogP contribution in [0.5, 0.6) is 0 Å². The first kappa shape index (κ1) is 19.9. The molecule has 136 valence electrons. The number of benzene rings is 1. The maximum Gasteiger partial charge on any atom is 0.348 e. The fraction of sp³-hybridized carbons (Fsp3) is 0.167. The van der Waals surface area contributed by atoms with E-state index in [1.54, 1.807) is 13.0 Å². The van der Waals surface area contributed by atoms with Crippen molar-refractivity contribution >= 4 is 56.2 Å². The zero-order chi connectivity index (χ0) is 19.3. The Morgan fingerprint density at radius 1 is 1.08 bits per heavy atom. The molecule has 26 heavy (non-hydrogen) atoms. The molecular weight excluding hydrogens is 422 g/mol. The number of hydrogen-bond donors (Lipinski definition) is 1. The minimum Gasteiger partial charge on any atom is -0.465 e. The Labute approximate surface area is 162 Å². The van der Waals surface area contributed by atoms with Gasteiger partial charge in [-0.2, -0.15) is 0 Å². The van der Waals surface area contributed by atoms with Crippen molar-refractivity contribution in [3.63, 3.8) is 0 Å². The molecule has 1 amide bonds. The lowest BCUT2D eigenvalue weighted by Crippen LogP contribution is -2.11. The number of nitrogens with one attached hydrogen (secondary N) is 1. The molecule has 0 fully saturated rings. The van der Waals surface area contributed by atoms with Crippen molar-refractivity contribution in [2.45, 2.75) is 6.92 Å². The van der Waals surface area contributed by atoms with E-state index in [1.807, 2.05) is 24.3 Å². The van der Waals surface area contributed by atoms with E-state index < -0.39 is 17.8 Å². The van der Waals surface area contributed by atoms with Gasteiger partial charge in [-0.1, -0.05) is 28.1 Å². The summed E-state index contributed by atoms with van der Waals surface area (Å²) in [6.45, 7) is 1.60. The van der Waals surface area contributed by atoms with Crippen molar-refractivity contribution in [1.29, 1.82) is 0 Å². The smallest absolute Gasteiger partial charge is 0.348 e. The van der Waals surface area contributed by atoms with E-state index in [0.29, 0.717) is 5.56 Å². The summed E-state index contributed by atoms with van der Waals surface area (Å²) >= 11 is 4.31. The van der Waals surface area contributed by atoms with Gasteiger partial charge >= 0.3 is 11.9 Å². The molecule has 1 heterocycles. The van der Waals surface area contributed by atoms with E-state index in [-0.39, 0.29) is 15.4 Å². The van der Waals surface area contributed by atoms with Gasteiger partial charge in [0.2, 0.25) is 5.91 Å². The summed E-state index contributed by atoms with van der Waals surface area (Å²) in [4.78, 5) is 36.3. The predicted octanol–water partition coefficient (Wildman–Crippen LogP) is 4.04. The van der Waals surface area contributed by atoms with Gasteiger partial charge in [-0.25, -0.2) is 9.59 Å². The van der Waals surface area contributed by atoms with Crippen LogP contribution in [-0.4, -0.2) is 32.1 Å². The van der Waals surface area contributed by atoms with E-state index in [4.69, 9.17) is 9.47 Å². The normalized spacial score (nSPS) is 10.6. The summed E-state index contributed by atoms with van der Waals surface area (Å²) in [5.74, 6) is -1.65. The summed E-state index contributed by atoms with van der Waals surface area (Å²) in [5.41, 5.74) is 1.39. The highest BCUT2D eigenvalue weighted by Gasteiger charge is 2.26. The fourth-order valence-corrected chi connectivity index (χ4v) is 3.52. The molecule has 0 aliphatic carbocycles. The molecule has 1 aromatic heterocycles. The number of halogens is 1. The predicted molar refractivity (Wildman–Crippen MR) is 104 cm³/mol. The highest BCUT2D eigenvalue weighted by molar-refractivity contribution is 9.10. The van der Waals surface area contributed by atoms with Crippen molar-refractivity contribution in [1.82, 2.24) is 0 Å². The van der Waals surface area contributed by atoms with Crippen LogP contribution >= 0.6 is 27.3 Å². The second-order valence-corrected chi connectivity index (χ2v) is 7.05. The van der Waals surface area contributed by atoms with Crippen LogP contribution in [0.2, 0.25) is 0 Å². The Bertz CT molecular complexity index is 870. The molecule has 6 nitrogen and oxygen atoms in total. The van der Waals surface area contributed by atoms with Gasteiger partial charge in [0.25, 0.3) is 0 Å². The monoisotopic (exact) mass is 437 g/mol. The molecule has 0 saturated carbocycles. The molecule has 0 atom stereocenters. The maximum absolute atomic E-state index is 12.2. The van der Waals surface area contributed by atoms with Crippen LogP contribution in [0.3, 0.4) is 0 Å². The van der Waals surface area contributed by atoms with Crippen molar-refractivity contribution in [2.75, 3.05) is 19.5 Å². The van der Waals surface area contributed by atoms with Gasteiger partial charge in [-0.3, -0.25) is 4.79 Å². The second kappa shape index (κ2) is 8.77. The molecule has 0 unspecified atom stereocenters. The number of anilines is 1. The lowest BCUT2D eigenvalue weighted by atomic mass is 10.1. The summed E-state index contributed by atoms with van der Waals surface area (Å²) in [6.07, 6.45) is 2.98.